The molecule has 6 aromatic carbocycles. The summed E-state index contributed by atoms with van der Waals surface area (Å²) >= 11 is 0. The lowest BCUT2D eigenvalue weighted by Crippen LogP contribution is -1.83. The van der Waals surface area contributed by atoms with Gasteiger partial charge in [-0.25, -0.2) is 0 Å². The third-order valence-corrected chi connectivity index (χ3v) is 5.64. The first-order valence-corrected chi connectivity index (χ1v) is 9.58. The van der Waals surface area contributed by atoms with Gasteiger partial charge < -0.3 is 5.11 Å². The molecule has 0 saturated heterocycles. The van der Waals surface area contributed by atoms with Crippen molar-refractivity contribution < 1.29 is 5.11 Å². The van der Waals surface area contributed by atoms with Crippen molar-refractivity contribution in [3.63, 3.8) is 0 Å². The molecule has 0 aliphatic carbocycles. The molecule has 0 saturated carbocycles. The molecule has 29 heavy (non-hydrogen) atoms. The monoisotopic (exact) mass is 372 g/mol. The van der Waals surface area contributed by atoms with Gasteiger partial charge in [0.1, 0.15) is 11.4 Å². The summed E-state index contributed by atoms with van der Waals surface area (Å²) in [5, 5.41) is 28.5. The zero-order valence-corrected chi connectivity index (χ0v) is 15.5. The highest BCUT2D eigenvalue weighted by Gasteiger charge is 2.11. The van der Waals surface area contributed by atoms with Crippen LogP contribution < -0.4 is 0 Å². The van der Waals surface area contributed by atoms with Gasteiger partial charge >= 0.3 is 0 Å². The molecule has 1 N–H and O–H groups in total. The minimum atomic E-state index is 0.130. The van der Waals surface area contributed by atoms with Gasteiger partial charge in [-0.3, -0.25) is 0 Å². The summed E-state index contributed by atoms with van der Waals surface area (Å²) in [6.45, 7) is 0. The Kier molecular flexibility index (Phi) is 3.32. The van der Waals surface area contributed by atoms with Crippen LogP contribution in [0.2, 0.25) is 0 Å². The van der Waals surface area contributed by atoms with Crippen molar-refractivity contribution in [3.05, 3.63) is 91.0 Å². The molecule has 0 unspecified atom stereocenters. The molecule has 136 valence electrons. The van der Waals surface area contributed by atoms with Crippen LogP contribution in [0.4, 0.5) is 11.4 Å². The third-order valence-electron chi connectivity index (χ3n) is 5.64. The van der Waals surface area contributed by atoms with Gasteiger partial charge in [-0.15, -0.1) is 10.2 Å². The zero-order valence-electron chi connectivity index (χ0n) is 15.5. The van der Waals surface area contributed by atoms with Crippen LogP contribution in [0.1, 0.15) is 0 Å². The summed E-state index contributed by atoms with van der Waals surface area (Å²) in [4.78, 5) is 0. The van der Waals surface area contributed by atoms with E-state index >= 15 is 0 Å². The Morgan fingerprint density at radius 3 is 2.00 bits per heavy atom. The third kappa shape index (κ3) is 2.38. The van der Waals surface area contributed by atoms with E-state index in [1.54, 1.807) is 6.07 Å². The second kappa shape index (κ2) is 6.01. The Morgan fingerprint density at radius 2 is 1.14 bits per heavy atom. The molecule has 0 heterocycles. The van der Waals surface area contributed by atoms with E-state index in [0.29, 0.717) is 5.69 Å². The molecule has 0 fully saturated rings. The Hall–Kier alpha value is -3.98. The van der Waals surface area contributed by atoms with Gasteiger partial charge in [0.2, 0.25) is 0 Å². The number of benzene rings is 6. The number of hydrogen-bond acceptors (Lipinski definition) is 3. The maximum atomic E-state index is 10.4. The molecule has 0 aliphatic heterocycles. The molecule has 0 bridgehead atoms. The fourth-order valence-electron chi connectivity index (χ4n) is 4.26. The number of azo groups is 1. The molecule has 0 aliphatic rings. The molecule has 0 spiro atoms. The number of rotatable bonds is 2. The molecule has 6 aromatic rings. The number of phenolic OH excluding ortho intramolecular Hbond substituents is 1. The first-order valence-electron chi connectivity index (χ1n) is 9.58. The van der Waals surface area contributed by atoms with Crippen LogP contribution in [-0.4, -0.2) is 5.11 Å². The highest BCUT2D eigenvalue weighted by Crippen LogP contribution is 2.40. The van der Waals surface area contributed by atoms with Crippen molar-refractivity contribution in [2.75, 3.05) is 0 Å². The normalized spacial score (nSPS) is 12.1. The maximum absolute atomic E-state index is 10.4. The number of fused-ring (bicyclic) bond motifs is 1. The van der Waals surface area contributed by atoms with Crippen LogP contribution in [0.3, 0.4) is 0 Å². The fourth-order valence-corrected chi connectivity index (χ4v) is 4.26. The lowest BCUT2D eigenvalue weighted by atomic mass is 9.94. The summed E-state index contributed by atoms with van der Waals surface area (Å²) in [5.41, 5.74) is 1.29. The van der Waals surface area contributed by atoms with Crippen molar-refractivity contribution in [3.8, 4) is 5.75 Å². The first kappa shape index (κ1) is 16.0. The van der Waals surface area contributed by atoms with Gasteiger partial charge in [-0.1, -0.05) is 78.9 Å². The van der Waals surface area contributed by atoms with Crippen LogP contribution in [0.15, 0.2) is 101 Å². The van der Waals surface area contributed by atoms with E-state index in [2.05, 4.69) is 58.8 Å². The highest BCUT2D eigenvalue weighted by atomic mass is 16.3. The molecule has 3 heteroatoms. The predicted molar refractivity (Wildman–Crippen MR) is 120 cm³/mol. The standard InChI is InChI=1S/C26H16N2O/c29-23-15-12-16-4-1-2-7-20(16)26(23)28-27-22-14-11-19-9-8-17-5-3-6-18-10-13-21(22)25(19)24(17)18/h1-15,29H. The Bertz CT molecular complexity index is 1550. The quantitative estimate of drug-likeness (QED) is 0.244. The molecule has 3 nitrogen and oxygen atoms in total. The largest absolute Gasteiger partial charge is 0.506 e. The molecular weight excluding hydrogens is 356 g/mol. The Labute approximate surface area is 166 Å². The van der Waals surface area contributed by atoms with E-state index in [9.17, 15) is 5.11 Å². The Morgan fingerprint density at radius 1 is 0.483 bits per heavy atom. The van der Waals surface area contributed by atoms with Gasteiger partial charge in [0.15, 0.2) is 0 Å². The van der Waals surface area contributed by atoms with Gasteiger partial charge in [-0.05, 0) is 44.5 Å². The minimum Gasteiger partial charge on any atom is -0.506 e. The summed E-state index contributed by atoms with van der Waals surface area (Å²) in [5.74, 6) is 0.130. The predicted octanol–water partition coefficient (Wildman–Crippen LogP) is 7.86. The lowest BCUT2D eigenvalue weighted by molar-refractivity contribution is 0.477. The van der Waals surface area contributed by atoms with Gasteiger partial charge in [-0.2, -0.15) is 0 Å². The molecule has 0 aromatic heterocycles. The van der Waals surface area contributed by atoms with Crippen LogP contribution in [0.5, 0.6) is 5.75 Å². The van der Waals surface area contributed by atoms with E-state index < -0.39 is 0 Å². The topological polar surface area (TPSA) is 45.0 Å². The molecule has 0 amide bonds. The molecule has 0 atom stereocenters. The second-order valence-corrected chi connectivity index (χ2v) is 7.30. The number of phenols is 1. The zero-order chi connectivity index (χ0) is 19.4. The van der Waals surface area contributed by atoms with E-state index in [1.165, 1.54) is 26.9 Å². The summed E-state index contributed by atoms with van der Waals surface area (Å²) < 4.78 is 0. The summed E-state index contributed by atoms with van der Waals surface area (Å²) in [7, 11) is 0. The average Bonchev–Trinajstić information content (AvgIpc) is 2.77. The van der Waals surface area contributed by atoms with Crippen molar-refractivity contribution >= 4 is 54.5 Å². The number of hydrogen-bond donors (Lipinski definition) is 1. The summed E-state index contributed by atoms with van der Waals surface area (Å²) in [6, 6.07) is 30.5. The number of aromatic hydroxyl groups is 1. The van der Waals surface area contributed by atoms with Crippen molar-refractivity contribution in [2.24, 2.45) is 10.2 Å². The van der Waals surface area contributed by atoms with E-state index in [0.717, 1.165) is 21.8 Å². The van der Waals surface area contributed by atoms with Gasteiger partial charge in [0.05, 0.1) is 5.69 Å². The van der Waals surface area contributed by atoms with Crippen LogP contribution in [0.25, 0.3) is 43.1 Å². The van der Waals surface area contributed by atoms with Crippen molar-refractivity contribution in [1.29, 1.82) is 0 Å². The molecule has 0 radical (unpaired) electrons. The number of nitrogens with zero attached hydrogens (tertiary/aromatic N) is 2. The van der Waals surface area contributed by atoms with Crippen molar-refractivity contribution in [2.45, 2.75) is 0 Å². The molecular formula is C26H16N2O. The first-order chi connectivity index (χ1) is 14.3. The minimum absolute atomic E-state index is 0.130. The second-order valence-electron chi connectivity index (χ2n) is 7.30. The van der Waals surface area contributed by atoms with Crippen LogP contribution >= 0.6 is 0 Å². The fraction of sp³-hybridized carbons (Fsp3) is 0. The smallest absolute Gasteiger partial charge is 0.143 e. The van der Waals surface area contributed by atoms with Crippen molar-refractivity contribution in [1.82, 2.24) is 0 Å². The van der Waals surface area contributed by atoms with Gasteiger partial charge in [0, 0.05) is 10.8 Å². The maximum Gasteiger partial charge on any atom is 0.143 e. The SMILES string of the molecule is Oc1ccc2ccccc2c1N=Nc1ccc2ccc3cccc4ccc1c2c34. The lowest BCUT2D eigenvalue weighted by Gasteiger charge is -2.11. The highest BCUT2D eigenvalue weighted by molar-refractivity contribution is 6.24. The van der Waals surface area contributed by atoms with E-state index in [-0.39, 0.29) is 5.75 Å². The van der Waals surface area contributed by atoms with Crippen LogP contribution in [0, 0.1) is 0 Å². The van der Waals surface area contributed by atoms with Crippen LogP contribution in [-0.2, 0) is 0 Å². The van der Waals surface area contributed by atoms with E-state index in [1.807, 2.05) is 36.4 Å². The average molecular weight is 372 g/mol. The molecule has 6 rings (SSSR count). The van der Waals surface area contributed by atoms with E-state index in [4.69, 9.17) is 0 Å². The Balaban J connectivity index is 1.60. The van der Waals surface area contributed by atoms with Gasteiger partial charge in [0.25, 0.3) is 0 Å². The summed E-state index contributed by atoms with van der Waals surface area (Å²) in [6.07, 6.45) is 0.